The fourth-order valence-corrected chi connectivity index (χ4v) is 3.50. The normalized spacial score (nSPS) is 30.8. The second-order valence-corrected chi connectivity index (χ2v) is 6.16. The molecule has 1 aromatic rings. The van der Waals surface area contributed by atoms with Gasteiger partial charge in [0.15, 0.2) is 0 Å². The molecular weight excluding hydrogens is 236 g/mol. The lowest BCUT2D eigenvalue weighted by molar-refractivity contribution is -0.109. The molecule has 0 radical (unpaired) electrons. The van der Waals surface area contributed by atoms with E-state index in [1.807, 2.05) is 0 Å². The topological polar surface area (TPSA) is 35.5 Å². The van der Waals surface area contributed by atoms with Gasteiger partial charge in [-0.3, -0.25) is 4.90 Å². The molecule has 3 rings (SSSR count). The molecule has 0 unspecified atom stereocenters. The molecule has 2 N–H and O–H groups in total. The number of rotatable bonds is 3. The van der Waals surface area contributed by atoms with Gasteiger partial charge in [-0.05, 0) is 25.3 Å². The summed E-state index contributed by atoms with van der Waals surface area (Å²) in [6, 6.07) is 11.5. The lowest BCUT2D eigenvalue weighted by Crippen LogP contribution is -2.71. The monoisotopic (exact) mass is 260 g/mol. The first-order valence-corrected chi connectivity index (χ1v) is 7.42. The van der Waals surface area contributed by atoms with E-state index in [4.69, 9.17) is 0 Å². The minimum atomic E-state index is -0.510. The van der Waals surface area contributed by atoms with Crippen molar-refractivity contribution in [3.05, 3.63) is 35.9 Å². The fourth-order valence-electron chi connectivity index (χ4n) is 3.50. The van der Waals surface area contributed by atoms with Crippen molar-refractivity contribution >= 4 is 0 Å². The number of β-amino-alcohol motifs (C(OH)–C–C–N with tert-alkyl or cyclic N) is 1. The second kappa shape index (κ2) is 5.23. The maximum absolute atomic E-state index is 10.7. The third-order valence-corrected chi connectivity index (χ3v) is 4.76. The van der Waals surface area contributed by atoms with Gasteiger partial charge < -0.3 is 10.4 Å². The molecule has 3 heteroatoms. The van der Waals surface area contributed by atoms with Gasteiger partial charge in [-0.2, -0.15) is 0 Å². The highest BCUT2D eigenvalue weighted by molar-refractivity contribution is 5.16. The Morgan fingerprint density at radius 2 is 2.00 bits per heavy atom. The van der Waals surface area contributed by atoms with E-state index in [0.29, 0.717) is 12.1 Å². The zero-order valence-electron chi connectivity index (χ0n) is 11.7. The zero-order valence-corrected chi connectivity index (χ0v) is 11.7. The predicted octanol–water partition coefficient (Wildman–Crippen LogP) is 1.76. The van der Waals surface area contributed by atoms with Gasteiger partial charge in [0.05, 0.1) is 0 Å². The third-order valence-electron chi connectivity index (χ3n) is 4.76. The summed E-state index contributed by atoms with van der Waals surface area (Å²) < 4.78 is 0. The molecule has 2 aliphatic heterocycles. The van der Waals surface area contributed by atoms with Crippen LogP contribution in [0.1, 0.15) is 31.7 Å². The summed E-state index contributed by atoms with van der Waals surface area (Å²) >= 11 is 0. The van der Waals surface area contributed by atoms with Crippen molar-refractivity contribution < 1.29 is 5.11 Å². The number of hydrogen-bond acceptors (Lipinski definition) is 3. The average molecular weight is 260 g/mol. The first-order chi connectivity index (χ1) is 9.19. The molecule has 0 spiro atoms. The number of benzene rings is 1. The van der Waals surface area contributed by atoms with Crippen LogP contribution in [0.2, 0.25) is 0 Å². The standard InChI is InChI=1S/C16H24N2O/c1-13-6-5-9-15(16(19)11-17-12-16)18(13)10-14-7-3-2-4-8-14/h2-4,7-8,13,15,17,19H,5-6,9-12H2,1H3/t13-,15+/m0/s1. The predicted molar refractivity (Wildman–Crippen MR) is 76.9 cm³/mol. The Hall–Kier alpha value is -0.900. The van der Waals surface area contributed by atoms with Gasteiger partial charge in [-0.15, -0.1) is 0 Å². The van der Waals surface area contributed by atoms with Crippen LogP contribution in [0, 0.1) is 0 Å². The molecule has 2 fully saturated rings. The quantitative estimate of drug-likeness (QED) is 0.869. The van der Waals surface area contributed by atoms with Crippen LogP contribution in [0.25, 0.3) is 0 Å². The van der Waals surface area contributed by atoms with Crippen LogP contribution < -0.4 is 5.32 Å². The Morgan fingerprint density at radius 3 is 2.63 bits per heavy atom. The van der Waals surface area contributed by atoms with Crippen molar-refractivity contribution in [2.45, 2.75) is 50.4 Å². The molecule has 104 valence electrons. The van der Waals surface area contributed by atoms with Gasteiger partial charge in [0.25, 0.3) is 0 Å². The first kappa shape index (κ1) is 13.1. The summed E-state index contributed by atoms with van der Waals surface area (Å²) in [5.41, 5.74) is 0.834. The molecule has 0 aliphatic carbocycles. The molecule has 1 aromatic carbocycles. The molecule has 2 aliphatic rings. The Balaban J connectivity index is 1.78. The second-order valence-electron chi connectivity index (χ2n) is 6.16. The molecule has 0 aromatic heterocycles. The van der Waals surface area contributed by atoms with Gasteiger partial charge in [-0.1, -0.05) is 36.8 Å². The number of nitrogens with zero attached hydrogens (tertiary/aromatic N) is 1. The van der Waals surface area contributed by atoms with Crippen LogP contribution in [0.4, 0.5) is 0 Å². The van der Waals surface area contributed by atoms with Crippen LogP contribution in [0.15, 0.2) is 30.3 Å². The van der Waals surface area contributed by atoms with E-state index >= 15 is 0 Å². The van der Waals surface area contributed by atoms with Crippen molar-refractivity contribution in [2.24, 2.45) is 0 Å². The summed E-state index contributed by atoms with van der Waals surface area (Å²) in [4.78, 5) is 2.51. The van der Waals surface area contributed by atoms with E-state index in [9.17, 15) is 5.11 Å². The summed E-state index contributed by atoms with van der Waals surface area (Å²) in [6.07, 6.45) is 3.60. The van der Waals surface area contributed by atoms with E-state index in [2.05, 4.69) is 47.5 Å². The van der Waals surface area contributed by atoms with Gasteiger partial charge in [0, 0.05) is 31.7 Å². The minimum absolute atomic E-state index is 0.303. The third kappa shape index (κ3) is 2.55. The van der Waals surface area contributed by atoms with E-state index in [1.54, 1.807) is 0 Å². The fraction of sp³-hybridized carbons (Fsp3) is 0.625. The number of nitrogens with one attached hydrogen (secondary N) is 1. The number of likely N-dealkylation sites (tertiary alicyclic amines) is 1. The van der Waals surface area contributed by atoms with Crippen LogP contribution in [-0.4, -0.2) is 40.8 Å². The Morgan fingerprint density at radius 1 is 1.26 bits per heavy atom. The first-order valence-electron chi connectivity index (χ1n) is 7.42. The Labute approximate surface area is 115 Å². The maximum Gasteiger partial charge on any atom is 0.105 e. The van der Waals surface area contributed by atoms with Crippen LogP contribution in [0.5, 0.6) is 0 Å². The summed E-state index contributed by atoms with van der Waals surface area (Å²) in [7, 11) is 0. The smallest absolute Gasteiger partial charge is 0.105 e. The molecule has 2 heterocycles. The van der Waals surface area contributed by atoms with Crippen LogP contribution in [-0.2, 0) is 6.54 Å². The molecular formula is C16H24N2O. The van der Waals surface area contributed by atoms with Gasteiger partial charge in [0.1, 0.15) is 5.60 Å². The molecule has 3 nitrogen and oxygen atoms in total. The highest BCUT2D eigenvalue weighted by Gasteiger charge is 2.47. The van der Waals surface area contributed by atoms with Crippen molar-refractivity contribution in [2.75, 3.05) is 13.1 Å². The number of piperidine rings is 1. The zero-order chi connectivity index (χ0) is 13.3. The SMILES string of the molecule is C[C@H]1CCC[C@H](C2(O)CNC2)N1Cc1ccccc1. The summed E-state index contributed by atoms with van der Waals surface area (Å²) in [5, 5.41) is 13.9. The summed E-state index contributed by atoms with van der Waals surface area (Å²) in [6.45, 7) is 4.74. The van der Waals surface area contributed by atoms with Crippen LogP contribution in [0.3, 0.4) is 0 Å². The highest BCUT2D eigenvalue weighted by Crippen LogP contribution is 2.33. The van der Waals surface area contributed by atoms with Gasteiger partial charge in [-0.25, -0.2) is 0 Å². The Bertz CT molecular complexity index is 416. The molecule has 2 atom stereocenters. The molecule has 19 heavy (non-hydrogen) atoms. The van der Waals surface area contributed by atoms with Crippen molar-refractivity contribution in [1.29, 1.82) is 0 Å². The van der Waals surface area contributed by atoms with Crippen LogP contribution >= 0.6 is 0 Å². The molecule has 0 amide bonds. The molecule has 0 saturated carbocycles. The van der Waals surface area contributed by atoms with E-state index in [0.717, 1.165) is 26.1 Å². The van der Waals surface area contributed by atoms with E-state index in [1.165, 1.54) is 18.4 Å². The van der Waals surface area contributed by atoms with Crippen molar-refractivity contribution in [3.63, 3.8) is 0 Å². The van der Waals surface area contributed by atoms with Gasteiger partial charge >= 0.3 is 0 Å². The van der Waals surface area contributed by atoms with Gasteiger partial charge in [0.2, 0.25) is 0 Å². The van der Waals surface area contributed by atoms with Crippen molar-refractivity contribution in [3.8, 4) is 0 Å². The molecule has 2 saturated heterocycles. The van der Waals surface area contributed by atoms with E-state index in [-0.39, 0.29) is 0 Å². The lowest BCUT2D eigenvalue weighted by Gasteiger charge is -2.52. The summed E-state index contributed by atoms with van der Waals surface area (Å²) in [5.74, 6) is 0. The number of hydrogen-bond donors (Lipinski definition) is 2. The molecule has 0 bridgehead atoms. The Kier molecular flexibility index (Phi) is 3.61. The number of aliphatic hydroxyl groups is 1. The average Bonchev–Trinajstić information content (AvgIpc) is 2.40. The highest BCUT2D eigenvalue weighted by atomic mass is 16.3. The lowest BCUT2D eigenvalue weighted by atomic mass is 9.80. The van der Waals surface area contributed by atoms with Crippen molar-refractivity contribution in [1.82, 2.24) is 10.2 Å². The largest absolute Gasteiger partial charge is 0.386 e. The minimum Gasteiger partial charge on any atom is -0.386 e. The van der Waals surface area contributed by atoms with E-state index < -0.39 is 5.60 Å². The maximum atomic E-state index is 10.7.